The molecule has 31 heavy (non-hydrogen) atoms. The highest BCUT2D eigenvalue weighted by Crippen LogP contribution is 2.33. The summed E-state index contributed by atoms with van der Waals surface area (Å²) in [5.41, 5.74) is -0.635. The van der Waals surface area contributed by atoms with Gasteiger partial charge in [-0.1, -0.05) is 29.4 Å². The molecule has 1 unspecified atom stereocenters. The molecule has 2 heterocycles. The summed E-state index contributed by atoms with van der Waals surface area (Å²) in [6.07, 6.45) is -2.65. The van der Waals surface area contributed by atoms with E-state index >= 15 is 0 Å². The van der Waals surface area contributed by atoms with Gasteiger partial charge in [0.25, 0.3) is 0 Å². The summed E-state index contributed by atoms with van der Waals surface area (Å²) in [7, 11) is 0. The first-order chi connectivity index (χ1) is 14.7. The minimum Gasteiger partial charge on any atom is -0.385 e. The fraction of sp³-hybridized carbons (Fsp3) is 0.364. The van der Waals surface area contributed by atoms with Crippen LogP contribution >= 0.6 is 0 Å². The maximum atomic E-state index is 13.2. The van der Waals surface area contributed by atoms with Crippen molar-refractivity contribution in [2.75, 3.05) is 13.1 Å². The van der Waals surface area contributed by atoms with Gasteiger partial charge in [0.1, 0.15) is 5.82 Å². The Morgan fingerprint density at radius 3 is 2.39 bits per heavy atom. The summed E-state index contributed by atoms with van der Waals surface area (Å²) in [5.74, 6) is 0.228. The summed E-state index contributed by atoms with van der Waals surface area (Å²) >= 11 is 0. The highest BCUT2D eigenvalue weighted by molar-refractivity contribution is 5.54. The SMILES string of the molecule is OC1(c2ccc(F)cc2)CCCN(Cc2nc(-c3ccc(C(F)(F)F)cc3)no2)CC1. The van der Waals surface area contributed by atoms with Crippen molar-refractivity contribution in [3.63, 3.8) is 0 Å². The van der Waals surface area contributed by atoms with Crippen molar-refractivity contribution < 1.29 is 27.2 Å². The average Bonchev–Trinajstić information content (AvgIpc) is 3.12. The number of halogens is 4. The zero-order valence-corrected chi connectivity index (χ0v) is 16.6. The molecule has 0 bridgehead atoms. The Morgan fingerprint density at radius 2 is 1.71 bits per heavy atom. The second-order valence-electron chi connectivity index (χ2n) is 7.76. The van der Waals surface area contributed by atoms with E-state index < -0.39 is 17.3 Å². The van der Waals surface area contributed by atoms with Crippen molar-refractivity contribution >= 4 is 0 Å². The number of aliphatic hydroxyl groups is 1. The molecule has 0 radical (unpaired) electrons. The number of hydrogen-bond donors (Lipinski definition) is 1. The van der Waals surface area contributed by atoms with E-state index in [9.17, 15) is 22.7 Å². The largest absolute Gasteiger partial charge is 0.416 e. The Labute approximate surface area is 176 Å². The highest BCUT2D eigenvalue weighted by Gasteiger charge is 2.32. The molecule has 1 N–H and O–H groups in total. The van der Waals surface area contributed by atoms with E-state index in [1.54, 1.807) is 12.1 Å². The summed E-state index contributed by atoms with van der Waals surface area (Å²) in [6.45, 7) is 1.65. The molecule has 1 aliphatic heterocycles. The maximum Gasteiger partial charge on any atom is 0.416 e. The fourth-order valence-electron chi connectivity index (χ4n) is 3.82. The number of aromatic nitrogens is 2. The molecule has 0 amide bonds. The van der Waals surface area contributed by atoms with Crippen molar-refractivity contribution in [1.82, 2.24) is 15.0 Å². The van der Waals surface area contributed by atoms with Gasteiger partial charge in [-0.2, -0.15) is 18.2 Å². The monoisotopic (exact) mass is 435 g/mol. The summed E-state index contributed by atoms with van der Waals surface area (Å²) in [4.78, 5) is 6.37. The molecule has 0 spiro atoms. The normalized spacial score (nSPS) is 20.5. The van der Waals surface area contributed by atoms with Gasteiger partial charge < -0.3 is 9.63 Å². The molecule has 164 valence electrons. The molecule has 0 aliphatic carbocycles. The van der Waals surface area contributed by atoms with Gasteiger partial charge in [-0.3, -0.25) is 4.90 Å². The molecule has 1 fully saturated rings. The quantitative estimate of drug-likeness (QED) is 0.599. The molecule has 5 nitrogen and oxygen atoms in total. The third kappa shape index (κ3) is 4.94. The van der Waals surface area contributed by atoms with Crippen molar-refractivity contribution in [3.8, 4) is 11.4 Å². The topological polar surface area (TPSA) is 62.4 Å². The number of alkyl halides is 3. The van der Waals surface area contributed by atoms with Gasteiger partial charge >= 0.3 is 6.18 Å². The predicted octanol–water partition coefficient (Wildman–Crippen LogP) is 4.77. The molecule has 3 aromatic rings. The maximum absolute atomic E-state index is 13.2. The van der Waals surface area contributed by atoms with Crippen molar-refractivity contribution in [3.05, 3.63) is 71.4 Å². The highest BCUT2D eigenvalue weighted by atomic mass is 19.4. The molecule has 2 aromatic carbocycles. The zero-order chi connectivity index (χ0) is 22.1. The number of benzene rings is 2. The van der Waals surface area contributed by atoms with Crippen LogP contribution in [0.15, 0.2) is 53.1 Å². The molecule has 4 rings (SSSR count). The molecule has 1 atom stereocenters. The van der Waals surface area contributed by atoms with E-state index in [2.05, 4.69) is 15.0 Å². The van der Waals surface area contributed by atoms with E-state index in [0.29, 0.717) is 49.5 Å². The van der Waals surface area contributed by atoms with Crippen LogP contribution in [0.3, 0.4) is 0 Å². The lowest BCUT2D eigenvalue weighted by Crippen LogP contribution is -2.29. The van der Waals surface area contributed by atoms with Gasteiger partial charge in [0.2, 0.25) is 11.7 Å². The number of hydrogen-bond acceptors (Lipinski definition) is 5. The lowest BCUT2D eigenvalue weighted by molar-refractivity contribution is -0.137. The molecular weight excluding hydrogens is 414 g/mol. The van der Waals surface area contributed by atoms with Gasteiger partial charge in [0.15, 0.2) is 0 Å². The first-order valence-electron chi connectivity index (χ1n) is 9.94. The second-order valence-corrected chi connectivity index (χ2v) is 7.76. The lowest BCUT2D eigenvalue weighted by atomic mass is 9.87. The van der Waals surface area contributed by atoms with Crippen LogP contribution in [0.4, 0.5) is 17.6 Å². The van der Waals surface area contributed by atoms with Gasteiger partial charge in [-0.15, -0.1) is 0 Å². The molecular formula is C22H21F4N3O2. The molecule has 1 aromatic heterocycles. The molecule has 0 saturated carbocycles. The zero-order valence-electron chi connectivity index (χ0n) is 16.6. The van der Waals surface area contributed by atoms with Gasteiger partial charge in [0.05, 0.1) is 17.7 Å². The lowest BCUT2D eigenvalue weighted by Gasteiger charge is -2.27. The van der Waals surface area contributed by atoms with Crippen LogP contribution in [0.25, 0.3) is 11.4 Å². The van der Waals surface area contributed by atoms with Crippen molar-refractivity contribution in [1.29, 1.82) is 0 Å². The second kappa shape index (κ2) is 8.39. The Balaban J connectivity index is 1.40. The Hall–Kier alpha value is -2.78. The van der Waals surface area contributed by atoms with E-state index in [0.717, 1.165) is 18.6 Å². The molecule has 9 heteroatoms. The Bertz CT molecular complexity index is 1020. The first-order valence-corrected chi connectivity index (χ1v) is 9.94. The van der Waals surface area contributed by atoms with E-state index in [1.165, 1.54) is 24.3 Å². The molecule has 1 saturated heterocycles. The van der Waals surface area contributed by atoms with E-state index in [4.69, 9.17) is 4.52 Å². The summed E-state index contributed by atoms with van der Waals surface area (Å²) < 4.78 is 56.6. The minimum atomic E-state index is -4.40. The van der Waals surface area contributed by atoms with E-state index in [-0.39, 0.29) is 11.6 Å². The van der Waals surface area contributed by atoms with Gasteiger partial charge in [0, 0.05) is 12.1 Å². The average molecular weight is 435 g/mol. The minimum absolute atomic E-state index is 0.223. The fourth-order valence-corrected chi connectivity index (χ4v) is 3.82. The number of rotatable bonds is 4. The Morgan fingerprint density at radius 1 is 1.00 bits per heavy atom. The standard InChI is InChI=1S/C22H21F4N3O2/c23-18-8-6-16(7-9-18)21(30)10-1-12-29(13-11-21)14-19-27-20(28-31-19)15-2-4-17(5-3-15)22(24,25)26/h2-9,30H,1,10-14H2. The van der Waals surface area contributed by atoms with Gasteiger partial charge in [-0.25, -0.2) is 4.39 Å². The van der Waals surface area contributed by atoms with Crippen molar-refractivity contribution in [2.24, 2.45) is 0 Å². The Kier molecular flexibility index (Phi) is 5.81. The van der Waals surface area contributed by atoms with Crippen LogP contribution < -0.4 is 0 Å². The van der Waals surface area contributed by atoms with Gasteiger partial charge in [-0.05, 0) is 55.6 Å². The number of likely N-dealkylation sites (tertiary alicyclic amines) is 1. The third-order valence-electron chi connectivity index (χ3n) is 5.59. The van der Waals surface area contributed by atoms with E-state index in [1.807, 2.05) is 0 Å². The first kappa shape index (κ1) is 21.5. The summed E-state index contributed by atoms with van der Waals surface area (Å²) in [5, 5.41) is 14.9. The van der Waals surface area contributed by atoms with Crippen LogP contribution in [0.2, 0.25) is 0 Å². The van der Waals surface area contributed by atoms with Crippen molar-refractivity contribution in [2.45, 2.75) is 37.6 Å². The van der Waals surface area contributed by atoms with Crippen LogP contribution in [-0.2, 0) is 18.3 Å². The van der Waals surface area contributed by atoms with Crippen LogP contribution in [-0.4, -0.2) is 33.2 Å². The van der Waals surface area contributed by atoms with Crippen LogP contribution in [0, 0.1) is 5.82 Å². The van der Waals surface area contributed by atoms with Crippen LogP contribution in [0.1, 0.15) is 36.3 Å². The molecule has 1 aliphatic rings. The smallest absolute Gasteiger partial charge is 0.385 e. The third-order valence-corrected chi connectivity index (χ3v) is 5.59. The summed E-state index contributed by atoms with van der Waals surface area (Å²) in [6, 6.07) is 10.5. The predicted molar refractivity (Wildman–Crippen MR) is 104 cm³/mol. The van der Waals surface area contributed by atoms with Crippen LogP contribution in [0.5, 0.6) is 0 Å². The number of nitrogens with zero attached hydrogens (tertiary/aromatic N) is 3.